The van der Waals surface area contributed by atoms with Crippen molar-refractivity contribution in [2.45, 2.75) is 26.4 Å². The molecule has 8 nitrogen and oxygen atoms in total. The van der Waals surface area contributed by atoms with Crippen LogP contribution in [0, 0.1) is 11.8 Å². The van der Waals surface area contributed by atoms with E-state index >= 15 is 0 Å². The number of hydrogen-bond acceptors (Lipinski definition) is 7. The largest absolute Gasteiger partial charge is 0.493 e. The highest BCUT2D eigenvalue weighted by Gasteiger charge is 2.51. The minimum Gasteiger partial charge on any atom is -0.493 e. The lowest BCUT2D eigenvalue weighted by Crippen LogP contribution is -2.27. The average Bonchev–Trinajstić information content (AvgIpc) is 3.14. The van der Waals surface area contributed by atoms with Crippen LogP contribution in [0.1, 0.15) is 30.6 Å². The molecule has 1 fully saturated rings. The van der Waals surface area contributed by atoms with Crippen molar-refractivity contribution in [1.82, 2.24) is 9.78 Å². The zero-order valence-electron chi connectivity index (χ0n) is 14.4. The fraction of sp³-hybridized carbons (Fsp3) is 0.412. The second-order valence-corrected chi connectivity index (χ2v) is 7.69. The molecule has 4 rings (SSSR count). The number of rotatable bonds is 3. The number of hydrogen-bond donors (Lipinski definition) is 1. The minimum atomic E-state index is -2.48. The molecule has 0 aromatic carbocycles. The number of carbonyl (C=O) groups is 1. The first kappa shape index (κ1) is 16.8. The molecular weight excluding hydrogens is 358 g/mol. The standard InChI is InChI=1S/C17H17N3O5S/c1-7-9(16(21)11-6-18-20(3)17(11)22)5-13(26(23)24)8(2)14(7)15-10-4-12(10)25-19-15/h5-6,8,10,12,22H,4H2,1-3H3. The van der Waals surface area contributed by atoms with E-state index in [1.54, 1.807) is 13.8 Å². The van der Waals surface area contributed by atoms with E-state index in [0.717, 1.165) is 12.1 Å². The lowest BCUT2D eigenvalue weighted by atomic mass is 9.79. The van der Waals surface area contributed by atoms with Crippen molar-refractivity contribution in [2.24, 2.45) is 24.0 Å². The molecule has 1 aromatic heterocycles. The maximum atomic E-state index is 13.0. The molecule has 1 aliphatic heterocycles. The number of allylic oxidation sites excluding steroid dienone is 4. The SMILES string of the molecule is CC1=C(C2=NOC3CC23)C(C)C(=S(=O)=O)C=C1C(=O)c1cnn(C)c1O. The quantitative estimate of drug-likeness (QED) is 0.624. The van der Waals surface area contributed by atoms with E-state index in [-0.39, 0.29) is 33.9 Å². The van der Waals surface area contributed by atoms with Crippen molar-refractivity contribution >= 4 is 26.7 Å². The minimum absolute atomic E-state index is 0.0249. The van der Waals surface area contributed by atoms with Gasteiger partial charge in [0.15, 0.2) is 5.78 Å². The highest BCUT2D eigenvalue weighted by molar-refractivity contribution is 7.73. The highest BCUT2D eigenvalue weighted by atomic mass is 32.2. The Bertz CT molecular complexity index is 1070. The van der Waals surface area contributed by atoms with Crippen molar-refractivity contribution in [3.63, 3.8) is 0 Å². The molecule has 0 saturated heterocycles. The van der Waals surface area contributed by atoms with Gasteiger partial charge in [0.1, 0.15) is 11.7 Å². The van der Waals surface area contributed by atoms with Crippen molar-refractivity contribution in [3.05, 3.63) is 34.6 Å². The monoisotopic (exact) mass is 375 g/mol. The molecule has 3 unspecified atom stereocenters. The summed E-state index contributed by atoms with van der Waals surface area (Å²) in [6.07, 6.45) is 3.56. The van der Waals surface area contributed by atoms with Gasteiger partial charge in [-0.15, -0.1) is 0 Å². The second kappa shape index (κ2) is 5.66. The average molecular weight is 375 g/mol. The molecule has 136 valence electrons. The lowest BCUT2D eigenvalue weighted by molar-refractivity contribution is 0.103. The molecule has 1 N–H and O–H groups in total. The Morgan fingerprint density at radius 2 is 2.15 bits per heavy atom. The number of oxime groups is 1. The van der Waals surface area contributed by atoms with Crippen molar-refractivity contribution in [1.29, 1.82) is 0 Å². The summed E-state index contributed by atoms with van der Waals surface area (Å²) in [4.78, 5) is 18.4. The fourth-order valence-electron chi connectivity index (χ4n) is 3.58. The van der Waals surface area contributed by atoms with Gasteiger partial charge in [-0.1, -0.05) is 12.1 Å². The van der Waals surface area contributed by atoms with Crippen LogP contribution >= 0.6 is 0 Å². The van der Waals surface area contributed by atoms with Crippen LogP contribution < -0.4 is 0 Å². The highest BCUT2D eigenvalue weighted by Crippen LogP contribution is 2.46. The molecule has 3 atom stereocenters. The fourth-order valence-corrected chi connectivity index (χ4v) is 4.20. The molecule has 0 amide bonds. The Labute approximate surface area is 151 Å². The number of nitrogens with zero attached hydrogens (tertiary/aromatic N) is 3. The van der Waals surface area contributed by atoms with E-state index in [4.69, 9.17) is 4.84 Å². The Morgan fingerprint density at radius 3 is 2.65 bits per heavy atom. The van der Waals surface area contributed by atoms with Gasteiger partial charge in [0.2, 0.25) is 16.2 Å². The summed E-state index contributed by atoms with van der Waals surface area (Å²) in [6.45, 7) is 3.55. The molecule has 26 heavy (non-hydrogen) atoms. The van der Waals surface area contributed by atoms with Crippen LogP contribution in [-0.2, 0) is 22.2 Å². The number of ketones is 1. The Morgan fingerprint density at radius 1 is 1.42 bits per heavy atom. The van der Waals surface area contributed by atoms with E-state index in [2.05, 4.69) is 10.3 Å². The number of Topliss-reactive ketones (excluding diaryl/α,β-unsaturated/α-hetero) is 1. The number of aromatic nitrogens is 2. The molecule has 2 heterocycles. The van der Waals surface area contributed by atoms with Gasteiger partial charge < -0.3 is 9.94 Å². The number of fused-ring (bicyclic) bond motifs is 1. The first-order valence-corrected chi connectivity index (χ1v) is 9.27. The topological polar surface area (TPSA) is 111 Å². The zero-order chi connectivity index (χ0) is 18.7. The van der Waals surface area contributed by atoms with Gasteiger partial charge in [0.05, 0.1) is 16.8 Å². The molecule has 1 aromatic rings. The summed E-state index contributed by atoms with van der Waals surface area (Å²) in [5.74, 6) is -1.01. The van der Waals surface area contributed by atoms with Crippen LogP contribution in [0.4, 0.5) is 0 Å². The van der Waals surface area contributed by atoms with Crippen LogP contribution in [0.3, 0.4) is 0 Å². The van der Waals surface area contributed by atoms with Crippen LogP contribution in [0.5, 0.6) is 5.88 Å². The first-order valence-electron chi connectivity index (χ1n) is 8.20. The Balaban J connectivity index is 1.88. The van der Waals surface area contributed by atoms with E-state index in [0.29, 0.717) is 11.1 Å². The van der Waals surface area contributed by atoms with Crippen LogP contribution in [-0.4, -0.2) is 45.8 Å². The van der Waals surface area contributed by atoms with Crippen LogP contribution in [0.2, 0.25) is 0 Å². The van der Waals surface area contributed by atoms with Gasteiger partial charge in [0.25, 0.3) is 0 Å². The van der Waals surface area contributed by atoms with Crippen molar-refractivity contribution in [2.75, 3.05) is 0 Å². The third-order valence-corrected chi connectivity index (χ3v) is 6.05. The predicted octanol–water partition coefficient (Wildman–Crippen LogP) is 1.03. The summed E-state index contributed by atoms with van der Waals surface area (Å²) >= 11 is 0. The molecular formula is C17H17N3O5S. The molecule has 3 aliphatic rings. The number of aryl methyl sites for hydroxylation is 1. The van der Waals surface area contributed by atoms with Crippen LogP contribution in [0.15, 0.2) is 34.1 Å². The second-order valence-electron chi connectivity index (χ2n) is 6.75. The van der Waals surface area contributed by atoms with Gasteiger partial charge in [0, 0.05) is 24.5 Å². The molecule has 9 heteroatoms. The van der Waals surface area contributed by atoms with Gasteiger partial charge in [-0.3, -0.25) is 4.79 Å². The molecule has 0 radical (unpaired) electrons. The third-order valence-electron chi connectivity index (χ3n) is 5.19. The summed E-state index contributed by atoms with van der Waals surface area (Å²) in [7, 11) is -0.971. The summed E-state index contributed by atoms with van der Waals surface area (Å²) in [5, 5.41) is 18.0. The maximum Gasteiger partial charge on any atom is 0.220 e. The molecule has 1 saturated carbocycles. The van der Waals surface area contributed by atoms with Crippen LogP contribution in [0.25, 0.3) is 0 Å². The van der Waals surface area contributed by atoms with E-state index < -0.39 is 22.0 Å². The van der Waals surface area contributed by atoms with Crippen molar-refractivity contribution in [3.8, 4) is 5.88 Å². The van der Waals surface area contributed by atoms with Gasteiger partial charge >= 0.3 is 0 Å². The number of carbonyl (C=O) groups excluding carboxylic acids is 1. The third kappa shape index (κ3) is 2.34. The molecule has 0 bridgehead atoms. The van der Waals surface area contributed by atoms with Gasteiger partial charge in [-0.2, -0.15) is 13.5 Å². The number of aromatic hydroxyl groups is 1. The normalized spacial score (nSPS) is 26.9. The lowest BCUT2D eigenvalue weighted by Gasteiger charge is -2.24. The predicted molar refractivity (Wildman–Crippen MR) is 93.5 cm³/mol. The molecule has 2 aliphatic carbocycles. The van der Waals surface area contributed by atoms with Gasteiger partial charge in [-0.05, 0) is 30.6 Å². The summed E-state index contributed by atoms with van der Waals surface area (Å²) in [6, 6.07) is 0. The Hall–Kier alpha value is -2.68. The first-order chi connectivity index (χ1) is 12.3. The zero-order valence-corrected chi connectivity index (χ0v) is 15.2. The van der Waals surface area contributed by atoms with E-state index in [1.807, 2.05) is 0 Å². The van der Waals surface area contributed by atoms with Crippen molar-refractivity contribution < 1.29 is 23.2 Å². The van der Waals surface area contributed by atoms with E-state index in [1.165, 1.54) is 24.0 Å². The van der Waals surface area contributed by atoms with E-state index in [9.17, 15) is 18.3 Å². The van der Waals surface area contributed by atoms with Gasteiger partial charge in [-0.25, -0.2) is 4.68 Å². The summed E-state index contributed by atoms with van der Waals surface area (Å²) in [5.41, 5.74) is 2.32. The molecule has 0 spiro atoms. The Kier molecular flexibility index (Phi) is 3.65. The maximum absolute atomic E-state index is 13.0. The summed E-state index contributed by atoms with van der Waals surface area (Å²) < 4.78 is 24.7. The smallest absolute Gasteiger partial charge is 0.220 e.